The van der Waals surface area contributed by atoms with Crippen LogP contribution in [-0.4, -0.2) is 31.4 Å². The Morgan fingerprint density at radius 3 is 2.35 bits per heavy atom. The van der Waals surface area contributed by atoms with Crippen LogP contribution in [0.2, 0.25) is 0 Å². The van der Waals surface area contributed by atoms with Crippen LogP contribution >= 0.6 is 0 Å². The predicted octanol–water partition coefficient (Wildman–Crippen LogP) is 3.18. The molecule has 0 aromatic heterocycles. The van der Waals surface area contributed by atoms with Crippen LogP contribution < -0.4 is 5.32 Å². The lowest BCUT2D eigenvalue weighted by molar-refractivity contribution is -0.121. The standard InChI is InChI=1S/C19H23FN2O/c1-22(2)18(16-9-11-17(20)12-10-16)14-21-19(23)13-8-15-6-4-3-5-7-15/h3-7,9-12,18H,8,13-14H2,1-2H3,(H,21,23). The van der Waals surface area contributed by atoms with E-state index in [-0.39, 0.29) is 17.8 Å². The van der Waals surface area contributed by atoms with Crippen molar-refractivity contribution in [3.63, 3.8) is 0 Å². The number of rotatable bonds is 7. The molecule has 0 heterocycles. The summed E-state index contributed by atoms with van der Waals surface area (Å²) in [5.74, 6) is -0.221. The molecular formula is C19H23FN2O. The van der Waals surface area contributed by atoms with E-state index in [9.17, 15) is 9.18 Å². The van der Waals surface area contributed by atoms with Crippen LogP contribution in [0, 0.1) is 5.82 Å². The highest BCUT2D eigenvalue weighted by atomic mass is 19.1. The van der Waals surface area contributed by atoms with Gasteiger partial charge in [-0.25, -0.2) is 4.39 Å². The minimum Gasteiger partial charge on any atom is -0.354 e. The molecule has 0 bridgehead atoms. The van der Waals surface area contributed by atoms with Crippen LogP contribution in [0.5, 0.6) is 0 Å². The molecule has 2 aromatic carbocycles. The summed E-state index contributed by atoms with van der Waals surface area (Å²) < 4.78 is 13.0. The molecule has 2 rings (SSSR count). The first-order valence-corrected chi connectivity index (χ1v) is 7.79. The minimum atomic E-state index is -0.252. The Bertz CT molecular complexity index is 611. The molecule has 23 heavy (non-hydrogen) atoms. The Labute approximate surface area is 137 Å². The van der Waals surface area contributed by atoms with E-state index >= 15 is 0 Å². The molecule has 0 aliphatic heterocycles. The van der Waals surface area contributed by atoms with Gasteiger partial charge in [-0.15, -0.1) is 0 Å². The SMILES string of the molecule is CN(C)C(CNC(=O)CCc1ccccc1)c1ccc(F)cc1. The number of aryl methyl sites for hydroxylation is 1. The number of carbonyl (C=O) groups excluding carboxylic acids is 1. The van der Waals surface area contributed by atoms with E-state index in [1.54, 1.807) is 12.1 Å². The van der Waals surface area contributed by atoms with E-state index in [2.05, 4.69) is 5.32 Å². The minimum absolute atomic E-state index is 0.0243. The smallest absolute Gasteiger partial charge is 0.220 e. The van der Waals surface area contributed by atoms with Gasteiger partial charge in [0.25, 0.3) is 0 Å². The highest BCUT2D eigenvalue weighted by molar-refractivity contribution is 5.76. The molecule has 0 radical (unpaired) electrons. The molecule has 0 aliphatic rings. The lowest BCUT2D eigenvalue weighted by Gasteiger charge is -2.25. The van der Waals surface area contributed by atoms with Gasteiger partial charge in [0.1, 0.15) is 5.82 Å². The molecular weight excluding hydrogens is 291 g/mol. The van der Waals surface area contributed by atoms with Crippen LogP contribution in [0.15, 0.2) is 54.6 Å². The topological polar surface area (TPSA) is 32.3 Å². The van der Waals surface area contributed by atoms with Crippen molar-refractivity contribution in [2.75, 3.05) is 20.6 Å². The van der Waals surface area contributed by atoms with Gasteiger partial charge in [0.15, 0.2) is 0 Å². The van der Waals surface area contributed by atoms with Crippen LogP contribution in [0.25, 0.3) is 0 Å². The second kappa shape index (κ2) is 8.44. The fraction of sp³-hybridized carbons (Fsp3) is 0.316. The molecule has 122 valence electrons. The van der Waals surface area contributed by atoms with E-state index in [4.69, 9.17) is 0 Å². The molecule has 1 atom stereocenters. The summed E-state index contributed by atoms with van der Waals surface area (Å²) in [5.41, 5.74) is 2.14. The molecule has 0 spiro atoms. The molecule has 2 aromatic rings. The zero-order chi connectivity index (χ0) is 16.7. The fourth-order valence-electron chi connectivity index (χ4n) is 2.48. The van der Waals surface area contributed by atoms with Crippen molar-refractivity contribution in [3.8, 4) is 0 Å². The third kappa shape index (κ3) is 5.49. The zero-order valence-corrected chi connectivity index (χ0v) is 13.6. The Hall–Kier alpha value is -2.20. The van der Waals surface area contributed by atoms with Gasteiger partial charge >= 0.3 is 0 Å². The van der Waals surface area contributed by atoms with E-state index in [0.717, 1.165) is 17.5 Å². The highest BCUT2D eigenvalue weighted by Gasteiger charge is 2.15. The van der Waals surface area contributed by atoms with Crippen molar-refractivity contribution in [1.29, 1.82) is 0 Å². The third-order valence-corrected chi connectivity index (χ3v) is 3.85. The number of hydrogen-bond acceptors (Lipinski definition) is 2. The maximum Gasteiger partial charge on any atom is 0.220 e. The van der Waals surface area contributed by atoms with E-state index in [1.165, 1.54) is 12.1 Å². The molecule has 0 aliphatic carbocycles. The summed E-state index contributed by atoms with van der Waals surface area (Å²) in [5, 5.41) is 2.97. The molecule has 0 fully saturated rings. The molecule has 4 heteroatoms. The maximum absolute atomic E-state index is 13.0. The van der Waals surface area contributed by atoms with Gasteiger partial charge in [-0.2, -0.15) is 0 Å². The van der Waals surface area contributed by atoms with Gasteiger partial charge in [-0.1, -0.05) is 42.5 Å². The molecule has 1 amide bonds. The Morgan fingerprint density at radius 1 is 1.09 bits per heavy atom. The summed E-state index contributed by atoms with van der Waals surface area (Å²) in [6.45, 7) is 0.506. The number of amides is 1. The van der Waals surface area contributed by atoms with Gasteiger partial charge < -0.3 is 10.2 Å². The molecule has 0 saturated carbocycles. The average Bonchev–Trinajstić information content (AvgIpc) is 2.55. The van der Waals surface area contributed by atoms with Crippen LogP contribution in [-0.2, 0) is 11.2 Å². The second-order valence-electron chi connectivity index (χ2n) is 5.82. The first-order valence-electron chi connectivity index (χ1n) is 7.79. The first kappa shape index (κ1) is 17.2. The summed E-state index contributed by atoms with van der Waals surface area (Å²) in [6, 6.07) is 16.4. The van der Waals surface area contributed by atoms with Crippen molar-refractivity contribution in [1.82, 2.24) is 10.2 Å². The van der Waals surface area contributed by atoms with Crippen LogP contribution in [0.1, 0.15) is 23.6 Å². The molecule has 1 N–H and O–H groups in total. The fourth-order valence-corrected chi connectivity index (χ4v) is 2.48. The number of nitrogens with zero attached hydrogens (tertiary/aromatic N) is 1. The molecule has 0 saturated heterocycles. The molecule has 1 unspecified atom stereocenters. The van der Waals surface area contributed by atoms with Crippen molar-refractivity contribution in [2.24, 2.45) is 0 Å². The Morgan fingerprint density at radius 2 is 1.74 bits per heavy atom. The van der Waals surface area contributed by atoms with Crippen molar-refractivity contribution in [3.05, 3.63) is 71.5 Å². The predicted molar refractivity (Wildman–Crippen MR) is 90.6 cm³/mol. The van der Waals surface area contributed by atoms with E-state index in [1.807, 2.05) is 49.3 Å². The normalized spacial score (nSPS) is 12.2. The second-order valence-corrected chi connectivity index (χ2v) is 5.82. The van der Waals surface area contributed by atoms with Gasteiger partial charge in [0.2, 0.25) is 5.91 Å². The summed E-state index contributed by atoms with van der Waals surface area (Å²) >= 11 is 0. The third-order valence-electron chi connectivity index (χ3n) is 3.85. The monoisotopic (exact) mass is 314 g/mol. The van der Waals surface area contributed by atoms with Gasteiger partial charge in [0.05, 0.1) is 6.04 Å². The zero-order valence-electron chi connectivity index (χ0n) is 13.6. The average molecular weight is 314 g/mol. The van der Waals surface area contributed by atoms with E-state index in [0.29, 0.717) is 13.0 Å². The Balaban J connectivity index is 1.86. The number of halogens is 1. The molecule has 3 nitrogen and oxygen atoms in total. The quantitative estimate of drug-likeness (QED) is 0.851. The maximum atomic E-state index is 13.0. The number of hydrogen-bond donors (Lipinski definition) is 1. The Kier molecular flexibility index (Phi) is 6.29. The van der Waals surface area contributed by atoms with Crippen LogP contribution in [0.4, 0.5) is 4.39 Å². The highest BCUT2D eigenvalue weighted by Crippen LogP contribution is 2.17. The number of likely N-dealkylation sites (N-methyl/N-ethyl adjacent to an activating group) is 1. The van der Waals surface area contributed by atoms with Gasteiger partial charge in [-0.05, 0) is 43.8 Å². The van der Waals surface area contributed by atoms with Crippen molar-refractivity contribution >= 4 is 5.91 Å². The summed E-state index contributed by atoms with van der Waals surface area (Å²) in [7, 11) is 3.90. The largest absolute Gasteiger partial charge is 0.354 e. The lowest BCUT2D eigenvalue weighted by Crippen LogP contribution is -2.34. The van der Waals surface area contributed by atoms with E-state index < -0.39 is 0 Å². The first-order chi connectivity index (χ1) is 11.1. The lowest BCUT2D eigenvalue weighted by atomic mass is 10.1. The van der Waals surface area contributed by atoms with Gasteiger partial charge in [-0.3, -0.25) is 4.79 Å². The van der Waals surface area contributed by atoms with Crippen molar-refractivity contribution in [2.45, 2.75) is 18.9 Å². The number of nitrogens with one attached hydrogen (secondary N) is 1. The number of benzene rings is 2. The summed E-state index contributed by atoms with van der Waals surface area (Å²) in [4.78, 5) is 14.1. The summed E-state index contributed by atoms with van der Waals surface area (Å²) in [6.07, 6.45) is 1.20. The van der Waals surface area contributed by atoms with Crippen molar-refractivity contribution < 1.29 is 9.18 Å². The van der Waals surface area contributed by atoms with Crippen LogP contribution in [0.3, 0.4) is 0 Å². The van der Waals surface area contributed by atoms with Gasteiger partial charge in [0, 0.05) is 13.0 Å². The number of carbonyl (C=O) groups is 1.